The molecule has 1 fully saturated rings. The van der Waals surface area contributed by atoms with E-state index in [4.69, 9.17) is 0 Å². The van der Waals surface area contributed by atoms with E-state index in [1.54, 1.807) is 0 Å². The lowest BCUT2D eigenvalue weighted by molar-refractivity contribution is 0.489. The summed E-state index contributed by atoms with van der Waals surface area (Å²) in [6.45, 7) is 5.76. The predicted molar refractivity (Wildman–Crippen MR) is 68.0 cm³/mol. The lowest BCUT2D eigenvalue weighted by Gasteiger charge is -2.25. The molecular formula is C12H18N2O2S. The molecule has 1 aliphatic rings. The van der Waals surface area contributed by atoms with Gasteiger partial charge in [-0.3, -0.25) is 0 Å². The fraction of sp³-hybridized carbons (Fsp3) is 0.500. The van der Waals surface area contributed by atoms with Crippen LogP contribution in [0.3, 0.4) is 0 Å². The quantitative estimate of drug-likeness (QED) is 0.800. The number of nitrogens with zero attached hydrogens (tertiary/aromatic N) is 1. The van der Waals surface area contributed by atoms with Gasteiger partial charge in [0.05, 0.1) is 0 Å². The van der Waals surface area contributed by atoms with Gasteiger partial charge in [-0.2, -0.15) is 12.7 Å². The summed E-state index contributed by atoms with van der Waals surface area (Å²) in [7, 11) is -3.24. The van der Waals surface area contributed by atoms with Crippen LogP contribution in [0, 0.1) is 0 Å². The first-order chi connectivity index (χ1) is 7.92. The van der Waals surface area contributed by atoms with Crippen molar-refractivity contribution < 1.29 is 8.42 Å². The highest BCUT2D eigenvalue weighted by molar-refractivity contribution is 7.87. The third kappa shape index (κ3) is 3.06. The summed E-state index contributed by atoms with van der Waals surface area (Å²) in [5.74, 6) is 0. The Bertz CT molecular complexity index is 478. The van der Waals surface area contributed by atoms with Crippen LogP contribution in [0.4, 0.5) is 0 Å². The summed E-state index contributed by atoms with van der Waals surface area (Å²) < 4.78 is 27.5. The second kappa shape index (κ2) is 4.40. The summed E-state index contributed by atoms with van der Waals surface area (Å²) in [6.07, 6.45) is 0. The van der Waals surface area contributed by atoms with Crippen LogP contribution in [-0.4, -0.2) is 32.4 Å². The molecule has 1 aromatic carbocycles. The van der Waals surface area contributed by atoms with E-state index in [0.717, 1.165) is 5.56 Å². The van der Waals surface area contributed by atoms with E-state index in [1.807, 2.05) is 44.2 Å². The Kier molecular flexibility index (Phi) is 3.25. The van der Waals surface area contributed by atoms with Crippen LogP contribution in [-0.2, 0) is 15.6 Å². The van der Waals surface area contributed by atoms with E-state index in [1.165, 1.54) is 4.31 Å². The van der Waals surface area contributed by atoms with Crippen molar-refractivity contribution in [1.29, 1.82) is 0 Å². The molecule has 2 rings (SSSR count). The van der Waals surface area contributed by atoms with Gasteiger partial charge in [0.25, 0.3) is 10.2 Å². The highest BCUT2D eigenvalue weighted by Crippen LogP contribution is 2.22. The first-order valence-corrected chi connectivity index (χ1v) is 7.16. The lowest BCUT2D eigenvalue weighted by atomic mass is 9.85. The van der Waals surface area contributed by atoms with Crippen molar-refractivity contribution in [2.24, 2.45) is 0 Å². The number of nitrogens with one attached hydrogen (secondary N) is 1. The molecule has 0 aliphatic carbocycles. The van der Waals surface area contributed by atoms with Crippen LogP contribution in [0.1, 0.15) is 19.4 Å². The Balaban J connectivity index is 2.03. The molecule has 0 saturated carbocycles. The highest BCUT2D eigenvalue weighted by Gasteiger charge is 2.33. The summed E-state index contributed by atoms with van der Waals surface area (Å²) in [6, 6.07) is 9.93. The zero-order chi connectivity index (χ0) is 12.5. The second-order valence-electron chi connectivity index (χ2n) is 4.98. The molecule has 94 valence electrons. The first kappa shape index (κ1) is 12.5. The van der Waals surface area contributed by atoms with Gasteiger partial charge in [-0.1, -0.05) is 44.2 Å². The minimum absolute atomic E-state index is 0.204. The normalized spacial score (nSPS) is 17.1. The van der Waals surface area contributed by atoms with Crippen LogP contribution in [0.25, 0.3) is 0 Å². The minimum atomic E-state index is -3.24. The topological polar surface area (TPSA) is 49.2 Å². The monoisotopic (exact) mass is 254 g/mol. The number of benzene rings is 1. The van der Waals surface area contributed by atoms with Gasteiger partial charge in [-0.05, 0) is 5.56 Å². The predicted octanol–water partition coefficient (Wildman–Crippen LogP) is 1.11. The van der Waals surface area contributed by atoms with Crippen molar-refractivity contribution >= 4 is 10.2 Å². The summed E-state index contributed by atoms with van der Waals surface area (Å²) in [5.41, 5.74) is 0.929. The first-order valence-electron chi connectivity index (χ1n) is 5.72. The van der Waals surface area contributed by atoms with Crippen molar-refractivity contribution in [3.8, 4) is 0 Å². The molecule has 1 aromatic rings. The molecule has 0 radical (unpaired) electrons. The number of rotatable bonds is 5. The molecule has 1 saturated heterocycles. The zero-order valence-electron chi connectivity index (χ0n) is 10.2. The van der Waals surface area contributed by atoms with E-state index in [0.29, 0.717) is 19.6 Å². The maximum Gasteiger partial charge on any atom is 0.279 e. The van der Waals surface area contributed by atoms with Crippen LogP contribution in [0.5, 0.6) is 0 Å². The van der Waals surface area contributed by atoms with Crippen LogP contribution >= 0.6 is 0 Å². The van der Waals surface area contributed by atoms with Crippen molar-refractivity contribution in [1.82, 2.24) is 9.03 Å². The minimum Gasteiger partial charge on any atom is -0.201 e. The molecular weight excluding hydrogens is 236 g/mol. The van der Waals surface area contributed by atoms with E-state index < -0.39 is 10.2 Å². The Morgan fingerprint density at radius 3 is 2.35 bits per heavy atom. The van der Waals surface area contributed by atoms with Gasteiger partial charge >= 0.3 is 0 Å². The summed E-state index contributed by atoms with van der Waals surface area (Å²) in [5, 5.41) is 0. The third-order valence-corrected chi connectivity index (χ3v) is 4.55. The molecule has 5 heteroatoms. The SMILES string of the molecule is CC(C)(CNS(=O)(=O)N1CC1)c1ccccc1. The molecule has 17 heavy (non-hydrogen) atoms. The van der Waals surface area contributed by atoms with Crippen LogP contribution < -0.4 is 4.72 Å². The van der Waals surface area contributed by atoms with E-state index in [2.05, 4.69) is 4.72 Å². The molecule has 0 spiro atoms. The molecule has 4 nitrogen and oxygen atoms in total. The number of hydrogen-bond acceptors (Lipinski definition) is 2. The second-order valence-corrected chi connectivity index (χ2v) is 6.73. The fourth-order valence-corrected chi connectivity index (χ4v) is 2.92. The smallest absolute Gasteiger partial charge is 0.201 e. The van der Waals surface area contributed by atoms with Gasteiger partial charge in [0.15, 0.2) is 0 Å². The Hall–Kier alpha value is -0.910. The zero-order valence-corrected chi connectivity index (χ0v) is 11.0. The summed E-state index contributed by atoms with van der Waals surface area (Å²) >= 11 is 0. The van der Waals surface area contributed by atoms with Gasteiger partial charge < -0.3 is 0 Å². The number of hydrogen-bond donors (Lipinski definition) is 1. The van der Waals surface area contributed by atoms with Gasteiger partial charge in [-0.25, -0.2) is 4.72 Å². The van der Waals surface area contributed by atoms with Gasteiger partial charge in [0.2, 0.25) is 0 Å². The van der Waals surface area contributed by atoms with Crippen molar-refractivity contribution in [3.05, 3.63) is 35.9 Å². The highest BCUT2D eigenvalue weighted by atomic mass is 32.2. The van der Waals surface area contributed by atoms with Gasteiger partial charge in [0, 0.05) is 25.0 Å². The van der Waals surface area contributed by atoms with Gasteiger partial charge in [-0.15, -0.1) is 0 Å². The standard InChI is InChI=1S/C12H18N2O2S/c1-12(2,11-6-4-3-5-7-11)10-13-17(15,16)14-8-9-14/h3-7,13H,8-10H2,1-2H3. The summed E-state index contributed by atoms with van der Waals surface area (Å²) in [4.78, 5) is 0. The molecule has 1 aliphatic heterocycles. The van der Waals surface area contributed by atoms with E-state index in [-0.39, 0.29) is 5.41 Å². The average molecular weight is 254 g/mol. The van der Waals surface area contributed by atoms with Crippen molar-refractivity contribution in [2.45, 2.75) is 19.3 Å². The molecule has 0 amide bonds. The van der Waals surface area contributed by atoms with E-state index in [9.17, 15) is 8.42 Å². The van der Waals surface area contributed by atoms with E-state index >= 15 is 0 Å². The third-order valence-electron chi connectivity index (χ3n) is 3.00. The van der Waals surface area contributed by atoms with Gasteiger partial charge in [0.1, 0.15) is 0 Å². The molecule has 1 N–H and O–H groups in total. The largest absolute Gasteiger partial charge is 0.279 e. The lowest BCUT2D eigenvalue weighted by Crippen LogP contribution is -2.39. The van der Waals surface area contributed by atoms with Crippen LogP contribution in [0.15, 0.2) is 30.3 Å². The Morgan fingerprint density at radius 2 is 1.82 bits per heavy atom. The Labute approximate surface area is 103 Å². The molecule has 1 heterocycles. The molecule has 0 aromatic heterocycles. The van der Waals surface area contributed by atoms with Crippen molar-refractivity contribution in [2.75, 3.05) is 19.6 Å². The van der Waals surface area contributed by atoms with Crippen molar-refractivity contribution in [3.63, 3.8) is 0 Å². The molecule has 0 unspecified atom stereocenters. The molecule has 0 atom stereocenters. The van der Waals surface area contributed by atoms with Crippen LogP contribution in [0.2, 0.25) is 0 Å². The Morgan fingerprint density at radius 1 is 1.24 bits per heavy atom. The molecule has 0 bridgehead atoms. The average Bonchev–Trinajstić information content (AvgIpc) is 3.12. The fourth-order valence-electron chi connectivity index (χ4n) is 1.64. The maximum absolute atomic E-state index is 11.7. The maximum atomic E-state index is 11.7.